The maximum absolute atomic E-state index is 12.2. The summed E-state index contributed by atoms with van der Waals surface area (Å²) in [5, 5.41) is 6.33. The van der Waals surface area contributed by atoms with Crippen LogP contribution in [0.1, 0.15) is 43.0 Å². The standard InChI is InChI=1S/C20H27N5O3/c1-12(2)19(27)24-20-23-15-10-13(18(21)26)11-16(28-3)17(15)25(20)9-5-8-22-14-6-4-7-14/h10-11,14,22H,1,4-9H2,2-3H3,(H2,21,26)(H,23,24,27). The minimum Gasteiger partial charge on any atom is -0.494 e. The van der Waals surface area contributed by atoms with Crippen LogP contribution in [0.5, 0.6) is 5.75 Å². The number of benzene rings is 1. The molecule has 1 heterocycles. The summed E-state index contributed by atoms with van der Waals surface area (Å²) in [6, 6.07) is 3.83. The summed E-state index contributed by atoms with van der Waals surface area (Å²) < 4.78 is 7.39. The Hall–Kier alpha value is -2.87. The van der Waals surface area contributed by atoms with Crippen LogP contribution in [0.15, 0.2) is 24.3 Å². The summed E-state index contributed by atoms with van der Waals surface area (Å²) in [6.07, 6.45) is 4.62. The van der Waals surface area contributed by atoms with Crippen LogP contribution in [-0.2, 0) is 11.3 Å². The van der Waals surface area contributed by atoms with Crippen LogP contribution < -0.4 is 21.1 Å². The highest BCUT2D eigenvalue weighted by molar-refractivity contribution is 6.03. The van der Waals surface area contributed by atoms with Crippen LogP contribution in [0.25, 0.3) is 11.0 Å². The van der Waals surface area contributed by atoms with Gasteiger partial charge in [0, 0.05) is 23.7 Å². The highest BCUT2D eigenvalue weighted by Gasteiger charge is 2.20. The summed E-state index contributed by atoms with van der Waals surface area (Å²) in [4.78, 5) is 28.3. The molecule has 8 nitrogen and oxygen atoms in total. The molecule has 1 fully saturated rings. The average molecular weight is 385 g/mol. The van der Waals surface area contributed by atoms with Gasteiger partial charge in [0.05, 0.1) is 12.6 Å². The van der Waals surface area contributed by atoms with Crippen molar-refractivity contribution in [1.29, 1.82) is 0 Å². The number of nitrogens with one attached hydrogen (secondary N) is 2. The van der Waals surface area contributed by atoms with E-state index in [1.165, 1.54) is 26.4 Å². The zero-order chi connectivity index (χ0) is 20.3. The van der Waals surface area contributed by atoms with Crippen molar-refractivity contribution in [2.75, 3.05) is 19.0 Å². The van der Waals surface area contributed by atoms with Gasteiger partial charge in [-0.3, -0.25) is 14.9 Å². The fraction of sp³-hybridized carbons (Fsp3) is 0.450. The van der Waals surface area contributed by atoms with E-state index < -0.39 is 5.91 Å². The molecule has 0 radical (unpaired) electrons. The van der Waals surface area contributed by atoms with E-state index in [0.717, 1.165) is 13.0 Å². The van der Waals surface area contributed by atoms with E-state index in [-0.39, 0.29) is 5.91 Å². The van der Waals surface area contributed by atoms with Crippen molar-refractivity contribution < 1.29 is 14.3 Å². The number of hydrogen-bond donors (Lipinski definition) is 3. The molecule has 4 N–H and O–H groups in total. The van der Waals surface area contributed by atoms with Gasteiger partial charge in [-0.1, -0.05) is 13.0 Å². The number of aryl methyl sites for hydroxylation is 1. The van der Waals surface area contributed by atoms with E-state index in [9.17, 15) is 9.59 Å². The molecular formula is C20H27N5O3. The first-order valence-corrected chi connectivity index (χ1v) is 9.49. The number of amides is 2. The number of imidazole rings is 1. The molecule has 8 heteroatoms. The van der Waals surface area contributed by atoms with Gasteiger partial charge in [0.2, 0.25) is 11.9 Å². The number of rotatable bonds is 9. The minimum absolute atomic E-state index is 0.304. The quantitative estimate of drug-likeness (QED) is 0.453. The molecule has 3 rings (SSSR count). The first-order chi connectivity index (χ1) is 13.4. The Kier molecular flexibility index (Phi) is 5.99. The van der Waals surface area contributed by atoms with Gasteiger partial charge >= 0.3 is 0 Å². The number of carbonyl (C=O) groups excluding carboxylic acids is 2. The predicted molar refractivity (Wildman–Crippen MR) is 109 cm³/mol. The zero-order valence-corrected chi connectivity index (χ0v) is 16.4. The highest BCUT2D eigenvalue weighted by Crippen LogP contribution is 2.31. The molecule has 28 heavy (non-hydrogen) atoms. The molecule has 0 aliphatic heterocycles. The lowest BCUT2D eigenvalue weighted by Gasteiger charge is -2.26. The molecule has 0 atom stereocenters. The van der Waals surface area contributed by atoms with Gasteiger partial charge in [0.1, 0.15) is 11.3 Å². The number of aromatic nitrogens is 2. The van der Waals surface area contributed by atoms with Crippen LogP contribution in [0.3, 0.4) is 0 Å². The lowest BCUT2D eigenvalue weighted by atomic mass is 9.93. The number of fused-ring (bicyclic) bond motifs is 1. The Morgan fingerprint density at radius 1 is 1.39 bits per heavy atom. The molecule has 0 bridgehead atoms. The maximum Gasteiger partial charge on any atom is 0.253 e. The topological polar surface area (TPSA) is 111 Å². The van der Waals surface area contributed by atoms with E-state index in [1.807, 2.05) is 4.57 Å². The fourth-order valence-corrected chi connectivity index (χ4v) is 3.20. The van der Waals surface area contributed by atoms with Crippen LogP contribution >= 0.6 is 0 Å². The Bertz CT molecular complexity index is 914. The van der Waals surface area contributed by atoms with E-state index in [4.69, 9.17) is 10.5 Å². The van der Waals surface area contributed by atoms with Crippen LogP contribution in [0, 0.1) is 0 Å². The fourth-order valence-electron chi connectivity index (χ4n) is 3.20. The van der Waals surface area contributed by atoms with Crippen molar-refractivity contribution in [2.45, 2.75) is 45.2 Å². The molecule has 0 saturated heterocycles. The van der Waals surface area contributed by atoms with Gasteiger partial charge < -0.3 is 20.4 Å². The zero-order valence-electron chi connectivity index (χ0n) is 16.4. The van der Waals surface area contributed by atoms with Gasteiger partial charge in [-0.25, -0.2) is 4.98 Å². The molecule has 2 amide bonds. The van der Waals surface area contributed by atoms with Crippen molar-refractivity contribution in [2.24, 2.45) is 5.73 Å². The molecule has 2 aromatic rings. The second kappa shape index (κ2) is 8.43. The minimum atomic E-state index is -0.563. The Morgan fingerprint density at radius 3 is 2.71 bits per heavy atom. The monoisotopic (exact) mass is 385 g/mol. The smallest absolute Gasteiger partial charge is 0.253 e. The first kappa shape index (κ1) is 19.9. The normalized spacial score (nSPS) is 13.9. The first-order valence-electron chi connectivity index (χ1n) is 9.49. The molecule has 1 aliphatic rings. The Labute approximate surface area is 164 Å². The third kappa shape index (κ3) is 4.17. The number of methoxy groups -OCH3 is 1. The number of carbonyl (C=O) groups is 2. The molecule has 1 aliphatic carbocycles. The predicted octanol–water partition coefficient (Wildman–Crippen LogP) is 2.19. The molecule has 150 valence electrons. The van der Waals surface area contributed by atoms with Crippen molar-refractivity contribution in [3.05, 3.63) is 29.8 Å². The van der Waals surface area contributed by atoms with Gasteiger partial charge in [-0.05, 0) is 44.9 Å². The van der Waals surface area contributed by atoms with Gasteiger partial charge in [0.15, 0.2) is 0 Å². The number of anilines is 1. The van der Waals surface area contributed by atoms with Crippen molar-refractivity contribution in [3.8, 4) is 5.75 Å². The van der Waals surface area contributed by atoms with Crippen LogP contribution in [0.2, 0.25) is 0 Å². The number of nitrogens with zero attached hydrogens (tertiary/aromatic N) is 2. The summed E-state index contributed by atoms with van der Waals surface area (Å²) >= 11 is 0. The van der Waals surface area contributed by atoms with Crippen LogP contribution in [0.4, 0.5) is 5.95 Å². The number of nitrogens with two attached hydrogens (primary N) is 1. The summed E-state index contributed by atoms with van der Waals surface area (Å²) in [6.45, 7) is 6.82. The van der Waals surface area contributed by atoms with Gasteiger partial charge in [0.25, 0.3) is 5.91 Å². The largest absolute Gasteiger partial charge is 0.494 e. The van der Waals surface area contributed by atoms with Crippen LogP contribution in [-0.4, -0.2) is 41.1 Å². The molecular weight excluding hydrogens is 358 g/mol. The van der Waals surface area contributed by atoms with Gasteiger partial charge in [-0.15, -0.1) is 0 Å². The van der Waals surface area contributed by atoms with Crippen molar-refractivity contribution in [1.82, 2.24) is 14.9 Å². The second-order valence-electron chi connectivity index (χ2n) is 7.17. The van der Waals surface area contributed by atoms with E-state index in [2.05, 4.69) is 22.2 Å². The number of hydrogen-bond acceptors (Lipinski definition) is 5. The Balaban J connectivity index is 1.93. The van der Waals surface area contributed by atoms with Crippen molar-refractivity contribution >= 4 is 28.8 Å². The molecule has 0 unspecified atom stereocenters. The van der Waals surface area contributed by atoms with Gasteiger partial charge in [-0.2, -0.15) is 0 Å². The SMILES string of the molecule is C=C(C)C(=O)Nc1nc2cc(C(N)=O)cc(OC)c2n1CCCNC1CCC1. The number of ether oxygens (including phenoxy) is 1. The summed E-state index contributed by atoms with van der Waals surface area (Å²) in [7, 11) is 1.53. The molecule has 1 aromatic carbocycles. The lowest BCUT2D eigenvalue weighted by Crippen LogP contribution is -2.35. The van der Waals surface area contributed by atoms with Crippen molar-refractivity contribution in [3.63, 3.8) is 0 Å². The maximum atomic E-state index is 12.2. The summed E-state index contributed by atoms with van der Waals surface area (Å²) in [5.74, 6) is 0.0124. The third-order valence-corrected chi connectivity index (χ3v) is 5.02. The second-order valence-corrected chi connectivity index (χ2v) is 7.17. The summed E-state index contributed by atoms with van der Waals surface area (Å²) in [5.41, 5.74) is 7.36. The van der Waals surface area contributed by atoms with E-state index in [0.29, 0.717) is 46.5 Å². The highest BCUT2D eigenvalue weighted by atomic mass is 16.5. The molecule has 1 aromatic heterocycles. The number of primary amides is 1. The molecule has 1 saturated carbocycles. The lowest BCUT2D eigenvalue weighted by molar-refractivity contribution is -0.112. The Morgan fingerprint density at radius 2 is 2.14 bits per heavy atom. The van der Waals surface area contributed by atoms with E-state index >= 15 is 0 Å². The third-order valence-electron chi connectivity index (χ3n) is 5.02. The van der Waals surface area contributed by atoms with E-state index in [1.54, 1.807) is 19.1 Å². The molecule has 0 spiro atoms. The average Bonchev–Trinajstić information content (AvgIpc) is 2.96.